The lowest BCUT2D eigenvalue weighted by Gasteiger charge is -1.86. The Bertz CT molecular complexity index is 218. The Kier molecular flexibility index (Phi) is 2.15. The Balaban J connectivity index is 2.85. The number of hydrogen-bond acceptors (Lipinski definition) is 1. The van der Waals surface area contributed by atoms with Crippen LogP contribution in [0.4, 0.5) is 0 Å². The number of carbonyl (C=O) groups excluding carboxylic acids is 1. The number of carbonyl (C=O) groups is 1. The highest BCUT2D eigenvalue weighted by Crippen LogP contribution is 1.79. The first-order valence-electron chi connectivity index (χ1n) is 3.34. The van der Waals surface area contributed by atoms with Crippen molar-refractivity contribution in [1.29, 1.82) is 0 Å². The summed E-state index contributed by atoms with van der Waals surface area (Å²) in [6.07, 6.45) is 4.06. The Morgan fingerprint density at radius 2 is 1.90 bits per heavy atom. The monoisotopic (exact) mass is 136 g/mol. The maximum Gasteiger partial charge on any atom is 0.391 e. The molecular formula is C8H10NO+. The summed E-state index contributed by atoms with van der Waals surface area (Å²) in [5, 5.41) is 0. The zero-order valence-corrected chi connectivity index (χ0v) is 5.95. The van der Waals surface area contributed by atoms with E-state index in [1.807, 2.05) is 25.1 Å². The van der Waals surface area contributed by atoms with Gasteiger partial charge in [-0.3, -0.25) is 0 Å². The van der Waals surface area contributed by atoms with Crippen LogP contribution < -0.4 is 4.57 Å². The molecule has 0 saturated carbocycles. The van der Waals surface area contributed by atoms with E-state index < -0.39 is 0 Å². The van der Waals surface area contributed by atoms with E-state index in [9.17, 15) is 4.79 Å². The van der Waals surface area contributed by atoms with Crippen molar-refractivity contribution >= 4 is 5.91 Å². The summed E-state index contributed by atoms with van der Waals surface area (Å²) in [5.74, 6) is 0.126. The summed E-state index contributed by atoms with van der Waals surface area (Å²) < 4.78 is 1.58. The van der Waals surface area contributed by atoms with Crippen molar-refractivity contribution in [2.24, 2.45) is 0 Å². The minimum atomic E-state index is 0.126. The first kappa shape index (κ1) is 6.93. The lowest BCUT2D eigenvalue weighted by molar-refractivity contribution is -0.574. The van der Waals surface area contributed by atoms with Crippen LogP contribution >= 0.6 is 0 Å². The van der Waals surface area contributed by atoms with Crippen LogP contribution in [0.25, 0.3) is 0 Å². The van der Waals surface area contributed by atoms with Crippen molar-refractivity contribution in [3.8, 4) is 0 Å². The second-order valence-electron chi connectivity index (χ2n) is 2.03. The third kappa shape index (κ3) is 1.41. The molecule has 1 aromatic rings. The van der Waals surface area contributed by atoms with E-state index in [4.69, 9.17) is 0 Å². The van der Waals surface area contributed by atoms with Gasteiger partial charge in [0.1, 0.15) is 0 Å². The molecule has 0 unspecified atom stereocenters. The van der Waals surface area contributed by atoms with E-state index in [-0.39, 0.29) is 5.91 Å². The van der Waals surface area contributed by atoms with Crippen LogP contribution in [0.5, 0.6) is 0 Å². The Morgan fingerprint density at radius 1 is 1.30 bits per heavy atom. The maximum atomic E-state index is 11.0. The molecule has 10 heavy (non-hydrogen) atoms. The van der Waals surface area contributed by atoms with Gasteiger partial charge in [-0.05, 0) is 0 Å². The summed E-state index contributed by atoms with van der Waals surface area (Å²) >= 11 is 0. The predicted octanol–water partition coefficient (Wildman–Crippen LogP) is 1.02. The van der Waals surface area contributed by atoms with Gasteiger partial charge in [0.25, 0.3) is 0 Å². The molecular weight excluding hydrogens is 126 g/mol. The third-order valence-corrected chi connectivity index (χ3v) is 1.31. The van der Waals surface area contributed by atoms with Gasteiger partial charge in [0, 0.05) is 12.1 Å². The van der Waals surface area contributed by atoms with Gasteiger partial charge >= 0.3 is 5.91 Å². The molecule has 0 fully saturated rings. The second-order valence-corrected chi connectivity index (χ2v) is 2.03. The molecule has 0 aliphatic carbocycles. The van der Waals surface area contributed by atoms with Crippen molar-refractivity contribution < 1.29 is 9.36 Å². The number of hydrogen-bond donors (Lipinski definition) is 0. The average molecular weight is 136 g/mol. The van der Waals surface area contributed by atoms with Gasteiger partial charge in [-0.1, -0.05) is 13.0 Å². The standard InChI is InChI=1S/C8H10NO/c1-2-8(10)9-6-4-3-5-7-9/h3-7H,2H2,1H3/q+1. The van der Waals surface area contributed by atoms with Crippen molar-refractivity contribution in [2.75, 3.05) is 0 Å². The molecule has 0 aliphatic rings. The minimum absolute atomic E-state index is 0.126. The normalized spacial score (nSPS) is 9.30. The summed E-state index contributed by atoms with van der Waals surface area (Å²) in [6.45, 7) is 1.85. The van der Waals surface area contributed by atoms with E-state index in [1.54, 1.807) is 17.0 Å². The molecule has 0 spiro atoms. The molecule has 1 aromatic heterocycles. The van der Waals surface area contributed by atoms with Crippen molar-refractivity contribution in [1.82, 2.24) is 0 Å². The number of rotatable bonds is 1. The molecule has 0 radical (unpaired) electrons. The second kappa shape index (κ2) is 3.11. The lowest BCUT2D eigenvalue weighted by Crippen LogP contribution is -2.40. The summed E-state index contributed by atoms with van der Waals surface area (Å²) in [7, 11) is 0. The van der Waals surface area contributed by atoms with Gasteiger partial charge in [-0.15, -0.1) is 4.57 Å². The van der Waals surface area contributed by atoms with Gasteiger partial charge in [-0.2, -0.15) is 0 Å². The van der Waals surface area contributed by atoms with Crippen LogP contribution in [0.3, 0.4) is 0 Å². The fourth-order valence-corrected chi connectivity index (χ4v) is 0.748. The summed E-state index contributed by atoms with van der Waals surface area (Å²) in [4.78, 5) is 11.0. The van der Waals surface area contributed by atoms with E-state index in [0.717, 1.165) is 0 Å². The van der Waals surface area contributed by atoms with E-state index in [0.29, 0.717) is 6.42 Å². The molecule has 0 aromatic carbocycles. The van der Waals surface area contributed by atoms with Gasteiger partial charge in [0.2, 0.25) is 0 Å². The molecule has 52 valence electrons. The van der Waals surface area contributed by atoms with Crippen molar-refractivity contribution in [3.05, 3.63) is 30.6 Å². The Labute approximate surface area is 60.1 Å². The fraction of sp³-hybridized carbons (Fsp3) is 0.250. The molecule has 2 nitrogen and oxygen atoms in total. The summed E-state index contributed by atoms with van der Waals surface area (Å²) in [6, 6.07) is 5.57. The number of nitrogens with zero attached hydrogens (tertiary/aromatic N) is 1. The molecule has 0 atom stereocenters. The van der Waals surface area contributed by atoms with Gasteiger partial charge < -0.3 is 0 Å². The zero-order chi connectivity index (χ0) is 7.40. The molecule has 1 heterocycles. The molecule has 2 heteroatoms. The summed E-state index contributed by atoms with van der Waals surface area (Å²) in [5.41, 5.74) is 0. The minimum Gasteiger partial charge on any atom is -0.219 e. The van der Waals surface area contributed by atoms with Crippen LogP contribution in [-0.4, -0.2) is 5.91 Å². The molecule has 1 rings (SSSR count). The SMILES string of the molecule is CCC(=O)[n+]1ccccc1. The van der Waals surface area contributed by atoms with Crippen LogP contribution in [0.2, 0.25) is 0 Å². The van der Waals surface area contributed by atoms with Gasteiger partial charge in [-0.25, -0.2) is 4.79 Å². The Morgan fingerprint density at radius 3 is 2.40 bits per heavy atom. The predicted molar refractivity (Wildman–Crippen MR) is 37.6 cm³/mol. The topological polar surface area (TPSA) is 20.9 Å². The quantitative estimate of drug-likeness (QED) is 0.528. The van der Waals surface area contributed by atoms with Crippen LogP contribution in [0, 0.1) is 0 Å². The smallest absolute Gasteiger partial charge is 0.219 e. The highest BCUT2D eigenvalue weighted by Gasteiger charge is 2.07. The lowest BCUT2D eigenvalue weighted by atomic mass is 10.4. The average Bonchev–Trinajstić information content (AvgIpc) is 2.05. The first-order valence-corrected chi connectivity index (χ1v) is 3.34. The number of aromatic nitrogens is 1. The number of pyridine rings is 1. The molecule has 0 saturated heterocycles. The molecule has 0 N–H and O–H groups in total. The highest BCUT2D eigenvalue weighted by atomic mass is 16.1. The third-order valence-electron chi connectivity index (χ3n) is 1.31. The Hall–Kier alpha value is -1.18. The molecule has 0 aliphatic heterocycles. The first-order chi connectivity index (χ1) is 4.84. The van der Waals surface area contributed by atoms with Crippen LogP contribution in [0.1, 0.15) is 18.1 Å². The largest absolute Gasteiger partial charge is 0.391 e. The van der Waals surface area contributed by atoms with E-state index in [2.05, 4.69) is 0 Å². The fourth-order valence-electron chi connectivity index (χ4n) is 0.748. The van der Waals surface area contributed by atoms with Crippen molar-refractivity contribution in [3.63, 3.8) is 0 Å². The molecule has 0 bridgehead atoms. The van der Waals surface area contributed by atoms with E-state index >= 15 is 0 Å². The molecule has 0 amide bonds. The van der Waals surface area contributed by atoms with Gasteiger partial charge in [0.15, 0.2) is 12.4 Å². The maximum absolute atomic E-state index is 11.0. The van der Waals surface area contributed by atoms with Crippen LogP contribution in [-0.2, 0) is 0 Å². The van der Waals surface area contributed by atoms with E-state index in [1.165, 1.54) is 0 Å². The zero-order valence-electron chi connectivity index (χ0n) is 5.95. The van der Waals surface area contributed by atoms with Gasteiger partial charge in [0.05, 0.1) is 6.42 Å². The highest BCUT2D eigenvalue weighted by molar-refractivity contribution is 5.65. The van der Waals surface area contributed by atoms with Crippen LogP contribution in [0.15, 0.2) is 30.6 Å². The van der Waals surface area contributed by atoms with Crippen molar-refractivity contribution in [2.45, 2.75) is 13.3 Å².